The molecule has 0 bridgehead atoms. The normalized spacial score (nSPS) is 10.4. The maximum Gasteiger partial charge on any atom is 0.379 e. The van der Waals surface area contributed by atoms with Crippen LogP contribution in [0.25, 0.3) is 0 Å². The summed E-state index contributed by atoms with van der Waals surface area (Å²) in [5, 5.41) is 22.8. The van der Waals surface area contributed by atoms with E-state index in [-0.39, 0.29) is 13.1 Å². The minimum Gasteiger partial charge on any atom is -0.478 e. The highest BCUT2D eigenvalue weighted by Crippen LogP contribution is 1.76. The molecular formula is C10H11N2O6. The number of nitrogens with one attached hydrogen (secondary N) is 2. The molecule has 8 nitrogen and oxygen atoms in total. The van der Waals surface area contributed by atoms with Crippen molar-refractivity contribution in [3.63, 3.8) is 0 Å². The Labute approximate surface area is 102 Å². The summed E-state index contributed by atoms with van der Waals surface area (Å²) in [5.74, 6) is -3.99. The molecule has 97 valence electrons. The van der Waals surface area contributed by atoms with Crippen LogP contribution in [0.2, 0.25) is 0 Å². The van der Waals surface area contributed by atoms with Crippen LogP contribution in [-0.2, 0) is 24.3 Å². The standard InChI is InChI=1S/C10H11N2O6/c13-7(1-3-9(15)16)11-5-6-12-8(14)2-4-10(17)18/h1-4H,5-6H2,(H,11,13)(H,12,14)(H,15,16)/b3-1-,4-2-. The van der Waals surface area contributed by atoms with E-state index in [0.717, 1.165) is 12.2 Å². The van der Waals surface area contributed by atoms with Crippen molar-refractivity contribution >= 4 is 23.8 Å². The first-order valence-electron chi connectivity index (χ1n) is 4.77. The number of amides is 2. The second kappa shape index (κ2) is 8.50. The Morgan fingerprint density at radius 2 is 1.28 bits per heavy atom. The predicted molar refractivity (Wildman–Crippen MR) is 57.6 cm³/mol. The lowest BCUT2D eigenvalue weighted by Gasteiger charge is -2.02. The molecule has 3 N–H and O–H groups in total. The highest BCUT2D eigenvalue weighted by Gasteiger charge is 1.99. The second-order valence-corrected chi connectivity index (χ2v) is 2.91. The topological polar surface area (TPSA) is 132 Å². The van der Waals surface area contributed by atoms with Crippen molar-refractivity contribution in [3.8, 4) is 0 Å². The van der Waals surface area contributed by atoms with Gasteiger partial charge in [-0.05, 0) is 0 Å². The number of carbonyl (C=O) groups excluding carboxylic acids is 3. The lowest BCUT2D eigenvalue weighted by molar-refractivity contribution is -0.137. The van der Waals surface area contributed by atoms with E-state index < -0.39 is 23.8 Å². The van der Waals surface area contributed by atoms with Crippen molar-refractivity contribution in [2.75, 3.05) is 13.1 Å². The molecule has 18 heavy (non-hydrogen) atoms. The van der Waals surface area contributed by atoms with Crippen molar-refractivity contribution in [3.05, 3.63) is 24.3 Å². The third-order valence-electron chi connectivity index (χ3n) is 1.47. The zero-order valence-corrected chi connectivity index (χ0v) is 9.21. The molecule has 0 unspecified atom stereocenters. The molecule has 0 saturated heterocycles. The Bertz CT molecular complexity index is 361. The van der Waals surface area contributed by atoms with Crippen LogP contribution >= 0.6 is 0 Å². The average molecular weight is 255 g/mol. The highest BCUT2D eigenvalue weighted by atomic mass is 16.4. The van der Waals surface area contributed by atoms with E-state index in [1.807, 2.05) is 0 Å². The lowest BCUT2D eigenvalue weighted by atomic mass is 10.4. The number of aliphatic carboxylic acids is 1. The van der Waals surface area contributed by atoms with Gasteiger partial charge in [0.15, 0.2) is 0 Å². The van der Waals surface area contributed by atoms with Crippen LogP contribution in [0.5, 0.6) is 0 Å². The zero-order chi connectivity index (χ0) is 14.0. The number of rotatable bonds is 7. The molecule has 0 aromatic heterocycles. The molecule has 2 amide bonds. The molecule has 0 spiro atoms. The lowest BCUT2D eigenvalue weighted by Crippen LogP contribution is -2.33. The van der Waals surface area contributed by atoms with E-state index in [9.17, 15) is 24.3 Å². The molecule has 0 rings (SSSR count). The third kappa shape index (κ3) is 9.90. The summed E-state index contributed by atoms with van der Waals surface area (Å²) in [7, 11) is 0. The van der Waals surface area contributed by atoms with Crippen LogP contribution < -0.4 is 10.6 Å². The SMILES string of the molecule is [O]C(=O)/C=C\C(=O)NCCNC(=O)/C=C\C(=O)O. The summed E-state index contributed by atoms with van der Waals surface area (Å²) >= 11 is 0. The van der Waals surface area contributed by atoms with Crippen LogP contribution in [0, 0.1) is 0 Å². The van der Waals surface area contributed by atoms with Crippen molar-refractivity contribution in [2.45, 2.75) is 0 Å². The number of carbonyl (C=O) groups is 4. The van der Waals surface area contributed by atoms with E-state index in [0.29, 0.717) is 12.2 Å². The zero-order valence-electron chi connectivity index (χ0n) is 9.21. The Morgan fingerprint density at radius 3 is 1.67 bits per heavy atom. The van der Waals surface area contributed by atoms with Gasteiger partial charge in [0.05, 0.1) is 0 Å². The van der Waals surface area contributed by atoms with E-state index in [2.05, 4.69) is 10.6 Å². The summed E-state index contributed by atoms with van der Waals surface area (Å²) in [6.07, 6.45) is 2.86. The third-order valence-corrected chi connectivity index (χ3v) is 1.47. The molecule has 0 heterocycles. The van der Waals surface area contributed by atoms with Gasteiger partial charge in [-0.2, -0.15) is 0 Å². The molecule has 0 saturated carbocycles. The molecule has 8 heteroatoms. The second-order valence-electron chi connectivity index (χ2n) is 2.91. The van der Waals surface area contributed by atoms with Gasteiger partial charge in [0.1, 0.15) is 0 Å². The van der Waals surface area contributed by atoms with Crippen LogP contribution in [0.1, 0.15) is 0 Å². The van der Waals surface area contributed by atoms with Crippen LogP contribution in [-0.4, -0.2) is 41.9 Å². The van der Waals surface area contributed by atoms with Gasteiger partial charge in [-0.1, -0.05) is 0 Å². The molecule has 0 atom stereocenters. The molecule has 0 aliphatic carbocycles. The quantitative estimate of drug-likeness (QED) is 0.371. The van der Waals surface area contributed by atoms with Crippen molar-refractivity contribution in [1.29, 1.82) is 0 Å². The summed E-state index contributed by atoms with van der Waals surface area (Å²) in [6.45, 7) is 0.149. The maximum absolute atomic E-state index is 10.9. The Balaban J connectivity index is 3.74. The Kier molecular flexibility index (Phi) is 7.26. The largest absolute Gasteiger partial charge is 0.478 e. The monoisotopic (exact) mass is 255 g/mol. The van der Waals surface area contributed by atoms with Crippen LogP contribution in [0.15, 0.2) is 24.3 Å². The number of hydrogen-bond donors (Lipinski definition) is 3. The van der Waals surface area contributed by atoms with Gasteiger partial charge < -0.3 is 15.7 Å². The maximum atomic E-state index is 10.9. The van der Waals surface area contributed by atoms with E-state index in [4.69, 9.17) is 5.11 Å². The van der Waals surface area contributed by atoms with E-state index in [1.165, 1.54) is 0 Å². The molecule has 0 aliphatic rings. The van der Waals surface area contributed by atoms with Gasteiger partial charge in [-0.15, -0.1) is 0 Å². The molecule has 1 radical (unpaired) electrons. The first-order valence-corrected chi connectivity index (χ1v) is 4.77. The molecule has 0 aliphatic heterocycles. The van der Waals surface area contributed by atoms with E-state index in [1.54, 1.807) is 0 Å². The smallest absolute Gasteiger partial charge is 0.379 e. The van der Waals surface area contributed by atoms with Gasteiger partial charge in [-0.3, -0.25) is 9.59 Å². The Morgan fingerprint density at radius 1 is 0.833 bits per heavy atom. The van der Waals surface area contributed by atoms with Gasteiger partial charge in [-0.25, -0.2) is 14.7 Å². The fourth-order valence-electron chi connectivity index (χ4n) is 0.780. The van der Waals surface area contributed by atoms with Gasteiger partial charge in [0.25, 0.3) is 0 Å². The number of carboxylic acids is 1. The summed E-state index contributed by atoms with van der Waals surface area (Å²) < 4.78 is 0. The Hall–Kier alpha value is -2.64. The van der Waals surface area contributed by atoms with Gasteiger partial charge in [0, 0.05) is 37.4 Å². The minimum atomic E-state index is -1.49. The molecule has 0 aromatic carbocycles. The van der Waals surface area contributed by atoms with Crippen molar-refractivity contribution < 1.29 is 29.4 Å². The summed E-state index contributed by atoms with van der Waals surface area (Å²) in [5.41, 5.74) is 0. The van der Waals surface area contributed by atoms with E-state index >= 15 is 0 Å². The highest BCUT2D eigenvalue weighted by molar-refractivity contribution is 5.94. The number of carboxylic acid groups (broad SMARTS) is 1. The number of hydrogen-bond acceptors (Lipinski definition) is 4. The molecule has 0 fully saturated rings. The molecule has 0 aromatic rings. The van der Waals surface area contributed by atoms with Crippen LogP contribution in [0.4, 0.5) is 0 Å². The first-order chi connectivity index (χ1) is 8.41. The minimum absolute atomic E-state index is 0.0723. The van der Waals surface area contributed by atoms with Crippen LogP contribution in [0.3, 0.4) is 0 Å². The van der Waals surface area contributed by atoms with Crippen molar-refractivity contribution in [1.82, 2.24) is 10.6 Å². The van der Waals surface area contributed by atoms with Gasteiger partial charge >= 0.3 is 11.9 Å². The first kappa shape index (κ1) is 15.4. The fraction of sp³-hybridized carbons (Fsp3) is 0.200. The molecular weight excluding hydrogens is 244 g/mol. The summed E-state index contributed by atoms with van der Waals surface area (Å²) in [4.78, 5) is 41.9. The average Bonchev–Trinajstić information content (AvgIpc) is 2.29. The van der Waals surface area contributed by atoms with Crippen molar-refractivity contribution in [2.24, 2.45) is 0 Å². The summed E-state index contributed by atoms with van der Waals surface area (Å²) in [6, 6.07) is 0. The van der Waals surface area contributed by atoms with Gasteiger partial charge in [0.2, 0.25) is 11.8 Å². The predicted octanol–water partition coefficient (Wildman–Crippen LogP) is -1.63. The fourth-order valence-corrected chi connectivity index (χ4v) is 0.780.